The fourth-order valence-corrected chi connectivity index (χ4v) is 4.47. The van der Waals surface area contributed by atoms with E-state index >= 15 is 0 Å². The van der Waals surface area contributed by atoms with Gasteiger partial charge >= 0.3 is 6.18 Å². The first-order valence-electron chi connectivity index (χ1n) is 10.5. The number of anilines is 1. The highest BCUT2D eigenvalue weighted by Crippen LogP contribution is 2.49. The third kappa shape index (κ3) is 5.14. The maximum absolute atomic E-state index is 14.3. The van der Waals surface area contributed by atoms with Crippen molar-refractivity contribution in [3.63, 3.8) is 0 Å². The van der Waals surface area contributed by atoms with Crippen LogP contribution < -0.4 is 4.90 Å². The predicted octanol–water partition coefficient (Wildman–Crippen LogP) is 6.52. The largest absolute Gasteiger partial charge is 0.435 e. The van der Waals surface area contributed by atoms with E-state index in [9.17, 15) is 22.8 Å². The Kier molecular flexibility index (Phi) is 7.20. The molecule has 1 aliphatic heterocycles. The quantitative estimate of drug-likeness (QED) is 0.356. The number of halogens is 6. The Hall–Kier alpha value is -3.21. The van der Waals surface area contributed by atoms with Crippen molar-refractivity contribution < 1.29 is 27.6 Å². The van der Waals surface area contributed by atoms with Crippen LogP contribution in [0.15, 0.2) is 53.9 Å². The van der Waals surface area contributed by atoms with Crippen molar-refractivity contribution in [2.24, 2.45) is 5.16 Å². The molecule has 13 heteroatoms. The lowest BCUT2D eigenvalue weighted by molar-refractivity contribution is -0.275. The van der Waals surface area contributed by atoms with Crippen LogP contribution in [0.2, 0.25) is 15.1 Å². The second kappa shape index (κ2) is 9.92. The van der Waals surface area contributed by atoms with Gasteiger partial charge in [0.05, 0.1) is 23.1 Å². The smallest absolute Gasteiger partial charge is 0.374 e. The van der Waals surface area contributed by atoms with Crippen LogP contribution in [0.4, 0.5) is 19.1 Å². The van der Waals surface area contributed by atoms with Crippen molar-refractivity contribution in [1.82, 2.24) is 9.97 Å². The third-order valence-electron chi connectivity index (χ3n) is 5.63. The number of oxime groups is 1. The summed E-state index contributed by atoms with van der Waals surface area (Å²) in [7, 11) is 0. The summed E-state index contributed by atoms with van der Waals surface area (Å²) in [4.78, 5) is 39.0. The monoisotopic (exact) mass is 570 g/mol. The zero-order valence-electron chi connectivity index (χ0n) is 19.1. The van der Waals surface area contributed by atoms with Crippen molar-refractivity contribution in [2.75, 3.05) is 4.90 Å². The molecule has 0 saturated carbocycles. The molecule has 2 aromatic carbocycles. The van der Waals surface area contributed by atoms with E-state index in [0.29, 0.717) is 11.1 Å². The molecule has 1 unspecified atom stereocenters. The number of rotatable bonds is 4. The summed E-state index contributed by atoms with van der Waals surface area (Å²) in [6.07, 6.45) is -3.03. The van der Waals surface area contributed by atoms with Crippen LogP contribution >= 0.6 is 34.8 Å². The molecule has 1 aromatic heterocycles. The number of aromatic nitrogens is 2. The lowest BCUT2D eigenvalue weighted by Crippen LogP contribution is -2.42. The van der Waals surface area contributed by atoms with Crippen molar-refractivity contribution >= 4 is 58.3 Å². The molecule has 1 atom stereocenters. The van der Waals surface area contributed by atoms with Gasteiger partial charge in [0.2, 0.25) is 11.9 Å². The van der Waals surface area contributed by atoms with Gasteiger partial charge in [-0.3, -0.25) is 9.59 Å². The van der Waals surface area contributed by atoms with E-state index < -0.39 is 30.0 Å². The maximum Gasteiger partial charge on any atom is 0.435 e. The number of carbonyl (C=O) groups is 2. The molecule has 37 heavy (non-hydrogen) atoms. The van der Waals surface area contributed by atoms with Crippen LogP contribution in [0.25, 0.3) is 0 Å². The van der Waals surface area contributed by atoms with Crippen LogP contribution in [-0.2, 0) is 15.2 Å². The summed E-state index contributed by atoms with van der Waals surface area (Å²) in [5, 5.41) is 3.97. The first-order chi connectivity index (χ1) is 17.3. The minimum Gasteiger partial charge on any atom is -0.374 e. The van der Waals surface area contributed by atoms with E-state index in [1.165, 1.54) is 43.6 Å². The topological polar surface area (TPSA) is 84.8 Å². The molecule has 0 saturated heterocycles. The Morgan fingerprint density at radius 3 is 2.16 bits per heavy atom. The maximum atomic E-state index is 14.3. The molecule has 0 fully saturated rings. The molecule has 0 spiro atoms. The Morgan fingerprint density at radius 2 is 1.62 bits per heavy atom. The first kappa shape index (κ1) is 26.8. The van der Waals surface area contributed by atoms with Crippen LogP contribution in [-0.4, -0.2) is 33.7 Å². The van der Waals surface area contributed by atoms with Crippen LogP contribution in [0.3, 0.4) is 0 Å². The number of alkyl halides is 3. The molecule has 192 valence electrons. The molecule has 0 aliphatic carbocycles. The summed E-state index contributed by atoms with van der Waals surface area (Å²) in [5.74, 6) is -1.53. The number of imide groups is 1. The summed E-state index contributed by atoms with van der Waals surface area (Å²) in [6, 6.07) is 7.84. The number of nitrogens with zero attached hydrogens (tertiary/aromatic N) is 4. The Labute approximate surface area is 223 Å². The molecule has 0 radical (unpaired) electrons. The van der Waals surface area contributed by atoms with Crippen molar-refractivity contribution in [3.8, 4) is 0 Å². The predicted molar refractivity (Wildman–Crippen MR) is 132 cm³/mol. The van der Waals surface area contributed by atoms with Gasteiger partial charge in [0.25, 0.3) is 11.5 Å². The molecule has 0 bridgehead atoms. The Morgan fingerprint density at radius 1 is 1.00 bits per heavy atom. The molecule has 2 heterocycles. The van der Waals surface area contributed by atoms with Gasteiger partial charge in [0.1, 0.15) is 0 Å². The van der Waals surface area contributed by atoms with E-state index in [1.807, 2.05) is 0 Å². The minimum atomic E-state index is -4.85. The van der Waals surface area contributed by atoms with Gasteiger partial charge in [-0.15, -0.1) is 0 Å². The highest BCUT2D eigenvalue weighted by Gasteiger charge is 2.62. The third-order valence-corrected chi connectivity index (χ3v) is 6.26. The van der Waals surface area contributed by atoms with Crippen molar-refractivity contribution in [3.05, 3.63) is 86.1 Å². The van der Waals surface area contributed by atoms with E-state index in [4.69, 9.17) is 39.6 Å². The summed E-state index contributed by atoms with van der Waals surface area (Å²) >= 11 is 17.7. The van der Waals surface area contributed by atoms with Gasteiger partial charge in [0, 0.05) is 34.5 Å². The van der Waals surface area contributed by atoms with Gasteiger partial charge in [-0.1, -0.05) is 46.0 Å². The molecule has 4 rings (SSSR count). The highest BCUT2D eigenvalue weighted by atomic mass is 35.5. The number of aryl methyl sites for hydroxylation is 1. The van der Waals surface area contributed by atoms with Crippen molar-refractivity contribution in [1.29, 1.82) is 0 Å². The standard InChI is InChI=1S/C24H16Cl3F3N4O3/c1-12-5-14(3-4-19(12)21(36)34(13(2)35)22-31-10-18(27)11-32-22)20-9-23(37-33-20,24(28,29)30)15-6-16(25)8-17(26)7-15/h3-8,10-11H,9H2,1-2H3. The number of benzene rings is 2. The number of carbonyl (C=O) groups excluding carboxylic acids is 2. The van der Waals surface area contributed by atoms with E-state index in [2.05, 4.69) is 15.1 Å². The van der Waals surface area contributed by atoms with Crippen LogP contribution in [0.5, 0.6) is 0 Å². The minimum absolute atomic E-state index is 0.0000180. The molecule has 2 amide bonds. The molecular weight excluding hydrogens is 556 g/mol. The van der Waals surface area contributed by atoms with Crippen LogP contribution in [0.1, 0.15) is 40.4 Å². The van der Waals surface area contributed by atoms with E-state index in [-0.39, 0.29) is 37.9 Å². The average Bonchev–Trinajstić information content (AvgIpc) is 3.27. The van der Waals surface area contributed by atoms with Gasteiger partial charge in [0.15, 0.2) is 0 Å². The summed E-state index contributed by atoms with van der Waals surface area (Å²) in [5.41, 5.74) is -2.30. The summed E-state index contributed by atoms with van der Waals surface area (Å²) < 4.78 is 42.8. The molecule has 3 aromatic rings. The highest BCUT2D eigenvalue weighted by molar-refractivity contribution is 6.34. The molecule has 0 N–H and O–H groups in total. The lowest BCUT2D eigenvalue weighted by Gasteiger charge is -2.29. The SMILES string of the molecule is CC(=O)N(C(=O)c1ccc(C2=NOC(c3cc(Cl)cc(Cl)c3)(C(F)(F)F)C2)cc1C)c1ncc(Cl)cn1. The molecule has 1 aliphatic rings. The Bertz CT molecular complexity index is 1410. The van der Waals surface area contributed by atoms with Gasteiger partial charge < -0.3 is 4.84 Å². The summed E-state index contributed by atoms with van der Waals surface area (Å²) in [6.45, 7) is 2.74. The number of hydrogen-bond acceptors (Lipinski definition) is 6. The normalized spacial score (nSPS) is 17.2. The van der Waals surface area contributed by atoms with E-state index in [0.717, 1.165) is 17.0 Å². The van der Waals surface area contributed by atoms with E-state index in [1.54, 1.807) is 6.92 Å². The fraction of sp³-hybridized carbons (Fsp3) is 0.208. The molecular formula is C24H16Cl3F3N4O3. The van der Waals surface area contributed by atoms with Crippen molar-refractivity contribution in [2.45, 2.75) is 32.0 Å². The zero-order valence-corrected chi connectivity index (χ0v) is 21.4. The van der Waals surface area contributed by atoms with Gasteiger partial charge in [-0.25, -0.2) is 14.9 Å². The second-order valence-corrected chi connectivity index (χ2v) is 9.49. The van der Waals surface area contributed by atoms with Crippen LogP contribution in [0, 0.1) is 6.92 Å². The fourth-order valence-electron chi connectivity index (χ4n) is 3.84. The second-order valence-electron chi connectivity index (χ2n) is 8.18. The molecule has 7 nitrogen and oxygen atoms in total. The zero-order chi connectivity index (χ0) is 27.1. The van der Waals surface area contributed by atoms with Gasteiger partial charge in [-0.05, 0) is 48.4 Å². The number of hydrogen-bond donors (Lipinski definition) is 0. The average molecular weight is 572 g/mol. The van der Waals surface area contributed by atoms with Gasteiger partial charge in [-0.2, -0.15) is 13.2 Å². The Balaban J connectivity index is 1.66. The lowest BCUT2D eigenvalue weighted by atomic mass is 9.86. The number of amides is 2. The first-order valence-corrected chi connectivity index (χ1v) is 11.7.